The number of para-hydroxylation sites is 1. The lowest BCUT2D eigenvalue weighted by molar-refractivity contribution is -0.114. The van der Waals surface area contributed by atoms with Crippen molar-refractivity contribution in [2.75, 3.05) is 23.8 Å². The van der Waals surface area contributed by atoms with Gasteiger partial charge in [-0.15, -0.1) is 0 Å². The zero-order valence-electron chi connectivity index (χ0n) is 11.1. The summed E-state index contributed by atoms with van der Waals surface area (Å²) in [5.41, 5.74) is 1.09. The summed E-state index contributed by atoms with van der Waals surface area (Å²) < 4.78 is 0. The highest BCUT2D eigenvalue weighted by Gasteiger charge is 2.09. The minimum Gasteiger partial charge on any atom is -0.350 e. The lowest BCUT2D eigenvalue weighted by atomic mass is 10.3. The zero-order chi connectivity index (χ0) is 14.4. The van der Waals surface area contributed by atoms with E-state index < -0.39 is 0 Å². The van der Waals surface area contributed by atoms with Crippen LogP contribution in [-0.4, -0.2) is 24.5 Å². The zero-order valence-corrected chi connectivity index (χ0v) is 11.1. The van der Waals surface area contributed by atoms with Crippen molar-refractivity contribution in [2.45, 2.75) is 0 Å². The predicted octanol–water partition coefficient (Wildman–Crippen LogP) is 2.03. The van der Waals surface area contributed by atoms with Crippen molar-refractivity contribution in [1.29, 1.82) is 5.26 Å². The molecule has 1 heterocycles. The molecule has 2 aromatic rings. The molecule has 0 aliphatic heterocycles. The Kier molecular flexibility index (Phi) is 4.30. The second-order valence-corrected chi connectivity index (χ2v) is 4.26. The molecule has 1 amide bonds. The molecule has 1 aromatic carbocycles. The standard InChI is InChI=1S/C15H14N4O/c1-19(14-9-5-8-13(10-16)17-14)11-15(20)18-12-6-3-2-4-7-12/h2-9H,11H2,1H3,(H,18,20). The van der Waals surface area contributed by atoms with Gasteiger partial charge >= 0.3 is 0 Å². The molecule has 2 rings (SSSR count). The molecular formula is C15H14N4O. The van der Waals surface area contributed by atoms with Crippen LogP contribution in [0.2, 0.25) is 0 Å². The summed E-state index contributed by atoms with van der Waals surface area (Å²) in [6.07, 6.45) is 0. The van der Waals surface area contributed by atoms with Crippen molar-refractivity contribution in [3.8, 4) is 6.07 Å². The topological polar surface area (TPSA) is 69.0 Å². The number of hydrogen-bond donors (Lipinski definition) is 1. The van der Waals surface area contributed by atoms with E-state index >= 15 is 0 Å². The third kappa shape index (κ3) is 3.56. The van der Waals surface area contributed by atoms with Gasteiger partial charge in [-0.25, -0.2) is 4.98 Å². The summed E-state index contributed by atoms with van der Waals surface area (Å²) in [5, 5.41) is 11.6. The van der Waals surface area contributed by atoms with E-state index in [1.54, 1.807) is 30.1 Å². The van der Waals surface area contributed by atoms with E-state index in [2.05, 4.69) is 10.3 Å². The van der Waals surface area contributed by atoms with E-state index in [0.29, 0.717) is 11.5 Å². The van der Waals surface area contributed by atoms with Gasteiger partial charge in [-0.05, 0) is 24.3 Å². The van der Waals surface area contributed by atoms with Gasteiger partial charge in [0, 0.05) is 12.7 Å². The van der Waals surface area contributed by atoms with Gasteiger partial charge in [-0.1, -0.05) is 24.3 Å². The highest BCUT2D eigenvalue weighted by Crippen LogP contribution is 2.10. The minimum absolute atomic E-state index is 0.136. The Morgan fingerprint density at radius 2 is 2.00 bits per heavy atom. The smallest absolute Gasteiger partial charge is 0.243 e. The molecule has 1 N–H and O–H groups in total. The molecule has 0 bridgehead atoms. The van der Waals surface area contributed by atoms with Crippen molar-refractivity contribution in [1.82, 2.24) is 4.98 Å². The molecule has 0 saturated carbocycles. The number of carbonyl (C=O) groups is 1. The summed E-state index contributed by atoms with van der Waals surface area (Å²) in [5.74, 6) is 0.454. The summed E-state index contributed by atoms with van der Waals surface area (Å²) in [7, 11) is 1.76. The van der Waals surface area contributed by atoms with Gasteiger partial charge in [0.2, 0.25) is 5.91 Å². The Hall–Kier alpha value is -2.87. The molecule has 1 aromatic heterocycles. The highest BCUT2D eigenvalue weighted by molar-refractivity contribution is 5.93. The minimum atomic E-state index is -0.136. The molecule has 100 valence electrons. The first-order chi connectivity index (χ1) is 9.69. The average Bonchev–Trinajstić information content (AvgIpc) is 2.48. The molecule has 0 fully saturated rings. The molecule has 20 heavy (non-hydrogen) atoms. The lowest BCUT2D eigenvalue weighted by Gasteiger charge is -2.17. The average molecular weight is 266 g/mol. The summed E-state index contributed by atoms with van der Waals surface area (Å²) >= 11 is 0. The molecule has 0 unspecified atom stereocenters. The van der Waals surface area contributed by atoms with E-state index in [1.807, 2.05) is 36.4 Å². The van der Waals surface area contributed by atoms with Crippen LogP contribution in [0, 0.1) is 11.3 Å². The van der Waals surface area contributed by atoms with Crippen molar-refractivity contribution < 1.29 is 4.79 Å². The molecule has 0 aliphatic carbocycles. The normalized spacial score (nSPS) is 9.60. The number of likely N-dealkylation sites (N-methyl/N-ethyl adjacent to an activating group) is 1. The van der Waals surface area contributed by atoms with Crippen molar-refractivity contribution in [2.24, 2.45) is 0 Å². The highest BCUT2D eigenvalue weighted by atomic mass is 16.2. The van der Waals surface area contributed by atoms with E-state index in [0.717, 1.165) is 5.69 Å². The van der Waals surface area contributed by atoms with Crippen LogP contribution < -0.4 is 10.2 Å². The van der Waals surface area contributed by atoms with Gasteiger partial charge < -0.3 is 10.2 Å². The van der Waals surface area contributed by atoms with Gasteiger partial charge in [-0.2, -0.15) is 5.26 Å². The van der Waals surface area contributed by atoms with E-state index in [9.17, 15) is 4.79 Å². The van der Waals surface area contributed by atoms with Crippen LogP contribution in [0.4, 0.5) is 11.5 Å². The number of amides is 1. The Balaban J connectivity index is 1.99. The summed E-state index contributed by atoms with van der Waals surface area (Å²) in [4.78, 5) is 17.7. The maximum absolute atomic E-state index is 11.9. The predicted molar refractivity (Wildman–Crippen MR) is 77.3 cm³/mol. The van der Waals surface area contributed by atoms with Gasteiger partial charge in [-0.3, -0.25) is 4.79 Å². The second-order valence-electron chi connectivity index (χ2n) is 4.26. The second kappa shape index (κ2) is 6.34. The van der Waals surface area contributed by atoms with Crippen molar-refractivity contribution >= 4 is 17.4 Å². The van der Waals surface area contributed by atoms with Crippen LogP contribution in [0.5, 0.6) is 0 Å². The number of aromatic nitrogens is 1. The van der Waals surface area contributed by atoms with Gasteiger partial charge in [0.25, 0.3) is 0 Å². The number of nitrogens with zero attached hydrogens (tertiary/aromatic N) is 3. The molecule has 0 atom stereocenters. The number of pyridine rings is 1. The first kappa shape index (κ1) is 13.6. The van der Waals surface area contributed by atoms with Crippen molar-refractivity contribution in [3.63, 3.8) is 0 Å². The Morgan fingerprint density at radius 3 is 2.70 bits per heavy atom. The number of anilines is 2. The number of nitrogens with one attached hydrogen (secondary N) is 1. The van der Waals surface area contributed by atoms with Crippen LogP contribution in [0.1, 0.15) is 5.69 Å². The fraction of sp³-hybridized carbons (Fsp3) is 0.133. The van der Waals surface area contributed by atoms with E-state index in [1.165, 1.54) is 0 Å². The van der Waals surface area contributed by atoms with Crippen molar-refractivity contribution in [3.05, 3.63) is 54.2 Å². The Morgan fingerprint density at radius 1 is 1.25 bits per heavy atom. The molecule has 5 nitrogen and oxygen atoms in total. The maximum Gasteiger partial charge on any atom is 0.243 e. The van der Waals surface area contributed by atoms with Crippen LogP contribution in [0.25, 0.3) is 0 Å². The van der Waals surface area contributed by atoms with Crippen LogP contribution in [0.15, 0.2) is 48.5 Å². The number of rotatable bonds is 4. The third-order valence-electron chi connectivity index (χ3n) is 2.68. The van der Waals surface area contributed by atoms with E-state index in [-0.39, 0.29) is 12.5 Å². The summed E-state index contributed by atoms with van der Waals surface area (Å²) in [6, 6.07) is 16.4. The first-order valence-electron chi connectivity index (χ1n) is 6.12. The van der Waals surface area contributed by atoms with Crippen LogP contribution in [0.3, 0.4) is 0 Å². The number of benzene rings is 1. The number of carbonyl (C=O) groups excluding carboxylic acids is 1. The number of hydrogen-bond acceptors (Lipinski definition) is 4. The van der Waals surface area contributed by atoms with Gasteiger partial charge in [0.05, 0.1) is 6.54 Å². The fourth-order valence-corrected chi connectivity index (χ4v) is 1.72. The quantitative estimate of drug-likeness (QED) is 0.919. The molecule has 5 heteroatoms. The Labute approximate surface area is 117 Å². The molecule has 0 radical (unpaired) electrons. The molecular weight excluding hydrogens is 252 g/mol. The fourth-order valence-electron chi connectivity index (χ4n) is 1.72. The first-order valence-corrected chi connectivity index (χ1v) is 6.12. The largest absolute Gasteiger partial charge is 0.350 e. The third-order valence-corrected chi connectivity index (χ3v) is 2.68. The van der Waals surface area contributed by atoms with Crippen LogP contribution in [-0.2, 0) is 4.79 Å². The van der Waals surface area contributed by atoms with Gasteiger partial charge in [0.15, 0.2) is 0 Å². The van der Waals surface area contributed by atoms with E-state index in [4.69, 9.17) is 5.26 Å². The summed E-state index contributed by atoms with van der Waals surface area (Å²) in [6.45, 7) is 0.163. The number of nitriles is 1. The molecule has 0 spiro atoms. The Bertz CT molecular complexity index is 634. The maximum atomic E-state index is 11.9. The lowest BCUT2D eigenvalue weighted by Crippen LogP contribution is -2.30. The van der Waals surface area contributed by atoms with Crippen LogP contribution >= 0.6 is 0 Å². The molecule has 0 aliphatic rings. The monoisotopic (exact) mass is 266 g/mol. The van der Waals surface area contributed by atoms with Gasteiger partial charge in [0.1, 0.15) is 17.6 Å². The SMILES string of the molecule is CN(CC(=O)Nc1ccccc1)c1cccc(C#N)n1. The molecule has 0 saturated heterocycles.